The van der Waals surface area contributed by atoms with E-state index in [1.807, 2.05) is 24.3 Å². The van der Waals surface area contributed by atoms with E-state index in [1.54, 1.807) is 36.2 Å². The van der Waals surface area contributed by atoms with Gasteiger partial charge in [0.1, 0.15) is 10.2 Å². The largest absolute Gasteiger partial charge is 0.455 e. The molecule has 7 heteroatoms. The Balaban J connectivity index is 1.83. The number of aromatic nitrogens is 1. The zero-order valence-corrected chi connectivity index (χ0v) is 17.2. The number of H-pyrrole nitrogens is 1. The average Bonchev–Trinajstić information content (AvgIpc) is 2.67. The van der Waals surface area contributed by atoms with Gasteiger partial charge in [0.05, 0.1) is 11.6 Å². The summed E-state index contributed by atoms with van der Waals surface area (Å²) in [5.41, 5.74) is 2.16. The van der Waals surface area contributed by atoms with Crippen molar-refractivity contribution < 1.29 is 4.74 Å². The van der Waals surface area contributed by atoms with Crippen molar-refractivity contribution in [3.05, 3.63) is 91.3 Å². The number of benzene rings is 2. The molecule has 3 rings (SSSR count). The van der Waals surface area contributed by atoms with E-state index in [1.165, 1.54) is 5.56 Å². The highest BCUT2D eigenvalue weighted by molar-refractivity contribution is 9.10. The first-order valence-corrected chi connectivity index (χ1v) is 10.3. The molecule has 0 spiro atoms. The van der Waals surface area contributed by atoms with Gasteiger partial charge in [-0.05, 0) is 39.7 Å². The molecule has 2 aromatic carbocycles. The maximum atomic E-state index is 12.0. The summed E-state index contributed by atoms with van der Waals surface area (Å²) < 4.78 is 6.24. The third kappa shape index (κ3) is 5.16. The molecule has 0 aliphatic carbocycles. The number of nitrogens with one attached hydrogen (secondary N) is 1. The lowest BCUT2D eigenvalue weighted by molar-refractivity contribution is 0.473. The molecule has 1 aromatic heterocycles. The summed E-state index contributed by atoms with van der Waals surface area (Å²) in [5, 5.41) is 9.49. The Labute approximate surface area is 174 Å². The van der Waals surface area contributed by atoms with Gasteiger partial charge in [-0.15, -0.1) is 0 Å². The molecule has 0 bridgehead atoms. The Hall–Kier alpha value is -2.20. The first kappa shape index (κ1) is 19.6. The monoisotopic (exact) mass is 460 g/mol. The molecule has 0 aliphatic heterocycles. The molecule has 0 atom stereocenters. The highest BCUT2D eigenvalue weighted by atomic mass is 79.9. The van der Waals surface area contributed by atoms with Gasteiger partial charge in [0.25, 0.3) is 5.56 Å². The summed E-state index contributed by atoms with van der Waals surface area (Å²) in [6, 6.07) is 16.9. The molecule has 3 aromatic rings. The van der Waals surface area contributed by atoms with Gasteiger partial charge in [0.15, 0.2) is 5.75 Å². The quantitative estimate of drug-likeness (QED) is 0.497. The lowest BCUT2D eigenvalue weighted by Crippen LogP contribution is -2.09. The van der Waals surface area contributed by atoms with Crippen LogP contribution in [0.4, 0.5) is 0 Å². The summed E-state index contributed by atoms with van der Waals surface area (Å²) in [5.74, 6) is 2.31. The predicted molar refractivity (Wildman–Crippen MR) is 112 cm³/mol. The maximum Gasteiger partial charge on any atom is 0.266 e. The molecule has 0 amide bonds. The molecule has 136 valence electrons. The molecular weight excluding hydrogens is 448 g/mol. The van der Waals surface area contributed by atoms with E-state index < -0.39 is 0 Å². The van der Waals surface area contributed by atoms with Crippen LogP contribution in [-0.4, -0.2) is 4.98 Å². The highest BCUT2D eigenvalue weighted by Gasteiger charge is 2.14. The number of nitriles is 1. The number of halogens is 2. The lowest BCUT2D eigenvalue weighted by atomic mass is 10.2. The number of hydrogen-bond acceptors (Lipinski definition) is 4. The SMILES string of the molecule is N#Cc1cc(Cl)cc(Oc2c(CSCc3ccccc3)c[nH]c(=O)c2Br)c1. The molecular formula is C20H14BrClN2O2S. The van der Waals surface area contributed by atoms with Crippen LogP contribution in [0.3, 0.4) is 0 Å². The minimum atomic E-state index is -0.288. The fraction of sp³-hybridized carbons (Fsp3) is 0.100. The van der Waals surface area contributed by atoms with Crippen molar-refractivity contribution in [1.82, 2.24) is 4.98 Å². The number of ether oxygens (including phenoxy) is 1. The first-order valence-electron chi connectivity index (χ1n) is 7.97. The van der Waals surface area contributed by atoms with Crippen molar-refractivity contribution >= 4 is 39.3 Å². The van der Waals surface area contributed by atoms with Crippen LogP contribution in [0.1, 0.15) is 16.7 Å². The van der Waals surface area contributed by atoms with E-state index in [0.717, 1.165) is 11.3 Å². The number of aromatic amines is 1. The third-order valence-electron chi connectivity index (χ3n) is 3.66. The second kappa shape index (κ2) is 9.14. The summed E-state index contributed by atoms with van der Waals surface area (Å²) in [6.45, 7) is 0. The number of hydrogen-bond donors (Lipinski definition) is 1. The predicted octanol–water partition coefficient (Wildman–Crippen LogP) is 5.89. The Morgan fingerprint density at radius 3 is 2.70 bits per heavy atom. The van der Waals surface area contributed by atoms with E-state index in [0.29, 0.717) is 32.3 Å². The molecule has 0 aliphatic rings. The fourth-order valence-corrected chi connectivity index (χ4v) is 4.04. The Bertz CT molecular complexity index is 1050. The van der Waals surface area contributed by atoms with Crippen LogP contribution in [0.15, 0.2) is 64.0 Å². The molecule has 0 fully saturated rings. The zero-order valence-electron chi connectivity index (χ0n) is 14.0. The minimum Gasteiger partial charge on any atom is -0.455 e. The van der Waals surface area contributed by atoms with Gasteiger partial charge >= 0.3 is 0 Å². The Morgan fingerprint density at radius 2 is 1.96 bits per heavy atom. The normalized spacial score (nSPS) is 10.4. The number of pyridine rings is 1. The standard InChI is InChI=1S/C20H14BrClN2O2S/c21-18-19(26-17-7-14(9-23)6-16(22)8-17)15(10-24-20(18)25)12-27-11-13-4-2-1-3-5-13/h1-8,10H,11-12H2,(H,24,25). The van der Waals surface area contributed by atoms with E-state index in [4.69, 9.17) is 21.6 Å². The van der Waals surface area contributed by atoms with Gasteiger partial charge in [-0.3, -0.25) is 4.79 Å². The van der Waals surface area contributed by atoms with Crippen LogP contribution >= 0.6 is 39.3 Å². The molecule has 27 heavy (non-hydrogen) atoms. The zero-order chi connectivity index (χ0) is 19.2. The fourth-order valence-electron chi connectivity index (χ4n) is 2.40. The van der Waals surface area contributed by atoms with Gasteiger partial charge in [-0.25, -0.2) is 0 Å². The first-order chi connectivity index (χ1) is 13.1. The second-order valence-corrected chi connectivity index (χ2v) is 7.87. The second-order valence-electron chi connectivity index (χ2n) is 5.65. The highest BCUT2D eigenvalue weighted by Crippen LogP contribution is 2.34. The van der Waals surface area contributed by atoms with Crippen LogP contribution in [-0.2, 0) is 11.5 Å². The van der Waals surface area contributed by atoms with Crippen LogP contribution < -0.4 is 10.3 Å². The maximum absolute atomic E-state index is 12.0. The summed E-state index contributed by atoms with van der Waals surface area (Å²) in [4.78, 5) is 14.7. The third-order valence-corrected chi connectivity index (χ3v) is 5.65. The van der Waals surface area contributed by atoms with Gasteiger partial charge < -0.3 is 9.72 Å². The van der Waals surface area contributed by atoms with Crippen molar-refractivity contribution in [3.63, 3.8) is 0 Å². The molecule has 1 N–H and O–H groups in total. The van der Waals surface area contributed by atoms with Crippen molar-refractivity contribution in [2.75, 3.05) is 0 Å². The van der Waals surface area contributed by atoms with E-state index in [-0.39, 0.29) is 5.56 Å². The van der Waals surface area contributed by atoms with Crippen LogP contribution in [0.5, 0.6) is 11.5 Å². The summed E-state index contributed by atoms with van der Waals surface area (Å²) in [6.07, 6.45) is 1.65. The van der Waals surface area contributed by atoms with E-state index >= 15 is 0 Å². The van der Waals surface area contributed by atoms with E-state index in [2.05, 4.69) is 33.0 Å². The van der Waals surface area contributed by atoms with Crippen molar-refractivity contribution in [3.8, 4) is 17.6 Å². The molecule has 4 nitrogen and oxygen atoms in total. The molecule has 0 saturated carbocycles. The number of nitrogens with zero attached hydrogens (tertiary/aromatic N) is 1. The molecule has 0 saturated heterocycles. The summed E-state index contributed by atoms with van der Waals surface area (Å²) >= 11 is 11.1. The van der Waals surface area contributed by atoms with Crippen LogP contribution in [0.2, 0.25) is 5.02 Å². The topological polar surface area (TPSA) is 65.9 Å². The average molecular weight is 462 g/mol. The van der Waals surface area contributed by atoms with Gasteiger partial charge in [-0.1, -0.05) is 41.9 Å². The van der Waals surface area contributed by atoms with Gasteiger partial charge in [0.2, 0.25) is 0 Å². The Kier molecular flexibility index (Phi) is 6.62. The van der Waals surface area contributed by atoms with Gasteiger partial charge in [0, 0.05) is 28.3 Å². The smallest absolute Gasteiger partial charge is 0.266 e. The molecule has 0 unspecified atom stereocenters. The van der Waals surface area contributed by atoms with E-state index in [9.17, 15) is 4.79 Å². The minimum absolute atomic E-state index is 0.288. The van der Waals surface area contributed by atoms with Crippen LogP contribution in [0, 0.1) is 11.3 Å². The van der Waals surface area contributed by atoms with Crippen molar-refractivity contribution in [2.24, 2.45) is 0 Å². The van der Waals surface area contributed by atoms with Crippen molar-refractivity contribution in [1.29, 1.82) is 5.26 Å². The summed E-state index contributed by atoms with van der Waals surface area (Å²) in [7, 11) is 0. The van der Waals surface area contributed by atoms with Gasteiger partial charge in [-0.2, -0.15) is 17.0 Å². The molecule has 0 radical (unpaired) electrons. The Morgan fingerprint density at radius 1 is 1.19 bits per heavy atom. The van der Waals surface area contributed by atoms with Crippen molar-refractivity contribution in [2.45, 2.75) is 11.5 Å². The van der Waals surface area contributed by atoms with Crippen LogP contribution in [0.25, 0.3) is 0 Å². The number of rotatable bonds is 6. The lowest BCUT2D eigenvalue weighted by Gasteiger charge is -2.13. The number of thioether (sulfide) groups is 1. The molecule has 1 heterocycles.